The molecule has 0 N–H and O–H groups in total. The van der Waals surface area contributed by atoms with E-state index in [1.54, 1.807) is 0 Å². The van der Waals surface area contributed by atoms with Crippen molar-refractivity contribution in [2.75, 3.05) is 7.05 Å². The summed E-state index contributed by atoms with van der Waals surface area (Å²) in [5.74, 6) is 0.133. The predicted octanol–water partition coefficient (Wildman–Crippen LogP) is 2.99. The van der Waals surface area contributed by atoms with Gasteiger partial charge < -0.3 is 4.90 Å². The third-order valence-corrected chi connectivity index (χ3v) is 3.71. The topological polar surface area (TPSA) is 20.3 Å². The fourth-order valence-electron chi connectivity index (χ4n) is 1.61. The van der Waals surface area contributed by atoms with E-state index in [2.05, 4.69) is 15.9 Å². The summed E-state index contributed by atoms with van der Waals surface area (Å²) in [7, 11) is 1.89. The summed E-state index contributed by atoms with van der Waals surface area (Å²) >= 11 is 3.43. The van der Waals surface area contributed by atoms with Crippen LogP contribution < -0.4 is 0 Å². The van der Waals surface area contributed by atoms with E-state index in [9.17, 15) is 4.79 Å². The van der Waals surface area contributed by atoms with Gasteiger partial charge in [0.1, 0.15) is 0 Å². The van der Waals surface area contributed by atoms with Gasteiger partial charge in [0, 0.05) is 23.1 Å². The summed E-state index contributed by atoms with van der Waals surface area (Å²) in [5, 5.41) is 0. The number of halogens is 1. The number of hydrogen-bond donors (Lipinski definition) is 0. The number of rotatable bonds is 2. The van der Waals surface area contributed by atoms with Crippen molar-refractivity contribution < 1.29 is 4.79 Å². The lowest BCUT2D eigenvalue weighted by Crippen LogP contribution is -2.28. The fourth-order valence-corrected chi connectivity index (χ4v) is 1.86. The molecule has 80 valence electrons. The van der Waals surface area contributed by atoms with Gasteiger partial charge in [0.25, 0.3) is 5.91 Å². The second kappa shape index (κ2) is 3.97. The first-order chi connectivity index (χ1) is 7.09. The summed E-state index contributed by atoms with van der Waals surface area (Å²) in [6.45, 7) is 2.00. The van der Waals surface area contributed by atoms with Crippen molar-refractivity contribution in [1.29, 1.82) is 0 Å². The largest absolute Gasteiger partial charge is 0.339 e. The molecule has 1 aliphatic carbocycles. The fraction of sp³-hybridized carbons (Fsp3) is 0.417. The molecule has 0 unspecified atom stereocenters. The number of hydrogen-bond acceptors (Lipinski definition) is 1. The Kier molecular flexibility index (Phi) is 2.83. The summed E-state index contributed by atoms with van der Waals surface area (Å²) in [5.41, 5.74) is 1.88. The van der Waals surface area contributed by atoms with Crippen LogP contribution in [0.3, 0.4) is 0 Å². The third kappa shape index (κ3) is 2.23. The van der Waals surface area contributed by atoms with E-state index in [4.69, 9.17) is 0 Å². The Morgan fingerprint density at radius 3 is 2.67 bits per heavy atom. The van der Waals surface area contributed by atoms with E-state index in [0.29, 0.717) is 6.04 Å². The van der Waals surface area contributed by atoms with Crippen LogP contribution in [-0.2, 0) is 0 Å². The first-order valence-electron chi connectivity index (χ1n) is 5.13. The van der Waals surface area contributed by atoms with Gasteiger partial charge in [-0.25, -0.2) is 0 Å². The molecule has 2 nitrogen and oxygen atoms in total. The normalized spacial score (nSPS) is 15.1. The Morgan fingerprint density at radius 1 is 1.47 bits per heavy atom. The van der Waals surface area contributed by atoms with E-state index in [1.807, 2.05) is 37.1 Å². The zero-order valence-corrected chi connectivity index (χ0v) is 10.5. The van der Waals surface area contributed by atoms with Crippen molar-refractivity contribution >= 4 is 21.8 Å². The van der Waals surface area contributed by atoms with Gasteiger partial charge in [-0.15, -0.1) is 0 Å². The number of aryl methyl sites for hydroxylation is 1. The molecule has 2 rings (SSSR count). The molecule has 0 bridgehead atoms. The maximum Gasteiger partial charge on any atom is 0.253 e. The summed E-state index contributed by atoms with van der Waals surface area (Å²) in [6.07, 6.45) is 2.30. The van der Waals surface area contributed by atoms with Gasteiger partial charge in [0.15, 0.2) is 0 Å². The predicted molar refractivity (Wildman–Crippen MR) is 64.0 cm³/mol. The summed E-state index contributed by atoms with van der Waals surface area (Å²) in [6, 6.07) is 6.22. The third-order valence-electron chi connectivity index (χ3n) is 2.82. The minimum absolute atomic E-state index is 0.133. The molecule has 1 amide bonds. The maximum atomic E-state index is 12.0. The first-order valence-corrected chi connectivity index (χ1v) is 5.92. The van der Waals surface area contributed by atoms with Crippen LogP contribution in [-0.4, -0.2) is 23.9 Å². The van der Waals surface area contributed by atoms with Crippen LogP contribution in [0.2, 0.25) is 0 Å². The Hall–Kier alpha value is -0.830. The molecule has 0 radical (unpaired) electrons. The zero-order valence-electron chi connectivity index (χ0n) is 8.96. The van der Waals surface area contributed by atoms with Gasteiger partial charge >= 0.3 is 0 Å². The lowest BCUT2D eigenvalue weighted by Gasteiger charge is -2.16. The highest BCUT2D eigenvalue weighted by atomic mass is 79.9. The molecule has 0 saturated heterocycles. The van der Waals surface area contributed by atoms with Gasteiger partial charge in [-0.05, 0) is 43.5 Å². The number of amides is 1. The summed E-state index contributed by atoms with van der Waals surface area (Å²) in [4.78, 5) is 13.9. The van der Waals surface area contributed by atoms with Crippen LogP contribution in [0, 0.1) is 6.92 Å². The van der Waals surface area contributed by atoms with Gasteiger partial charge in [0.05, 0.1) is 0 Å². The smallest absolute Gasteiger partial charge is 0.253 e. The van der Waals surface area contributed by atoms with E-state index in [-0.39, 0.29) is 5.91 Å². The molecule has 1 aliphatic rings. The highest BCUT2D eigenvalue weighted by molar-refractivity contribution is 9.10. The van der Waals surface area contributed by atoms with E-state index in [0.717, 1.165) is 28.4 Å². The van der Waals surface area contributed by atoms with E-state index in [1.165, 1.54) is 0 Å². The van der Waals surface area contributed by atoms with Gasteiger partial charge in [-0.3, -0.25) is 4.79 Å². The molecular formula is C12H14BrNO. The Balaban J connectivity index is 2.21. The Labute approximate surface area is 98.4 Å². The first kappa shape index (κ1) is 10.7. The van der Waals surface area contributed by atoms with Crippen LogP contribution in [0.1, 0.15) is 28.8 Å². The molecule has 3 heteroatoms. The second-order valence-corrected chi connectivity index (χ2v) is 4.97. The van der Waals surface area contributed by atoms with Gasteiger partial charge in [-0.1, -0.05) is 15.9 Å². The molecule has 0 heterocycles. The van der Waals surface area contributed by atoms with Crippen molar-refractivity contribution in [3.8, 4) is 0 Å². The molecule has 15 heavy (non-hydrogen) atoms. The molecule has 0 atom stereocenters. The van der Waals surface area contributed by atoms with Crippen molar-refractivity contribution in [2.45, 2.75) is 25.8 Å². The lowest BCUT2D eigenvalue weighted by atomic mass is 10.1. The van der Waals surface area contributed by atoms with Crippen LogP contribution in [0.25, 0.3) is 0 Å². The molecule has 0 aliphatic heterocycles. The minimum atomic E-state index is 0.133. The van der Waals surface area contributed by atoms with Crippen molar-refractivity contribution in [3.63, 3.8) is 0 Å². The van der Waals surface area contributed by atoms with Crippen molar-refractivity contribution in [1.82, 2.24) is 4.90 Å². The maximum absolute atomic E-state index is 12.0. The quantitative estimate of drug-likeness (QED) is 0.807. The average molecular weight is 268 g/mol. The molecule has 1 saturated carbocycles. The van der Waals surface area contributed by atoms with Crippen molar-refractivity contribution in [2.24, 2.45) is 0 Å². The molecular weight excluding hydrogens is 254 g/mol. The molecule has 0 aromatic heterocycles. The SMILES string of the molecule is Cc1cc(C(=O)N(C)C2CC2)ccc1Br. The van der Waals surface area contributed by atoms with Crippen LogP contribution in [0.15, 0.2) is 22.7 Å². The molecule has 0 spiro atoms. The van der Waals surface area contributed by atoms with Crippen LogP contribution >= 0.6 is 15.9 Å². The van der Waals surface area contributed by atoms with Crippen LogP contribution in [0.5, 0.6) is 0 Å². The molecule has 1 aromatic rings. The highest BCUT2D eigenvalue weighted by Crippen LogP contribution is 2.27. The monoisotopic (exact) mass is 267 g/mol. The van der Waals surface area contributed by atoms with E-state index < -0.39 is 0 Å². The van der Waals surface area contributed by atoms with Gasteiger partial charge in [-0.2, -0.15) is 0 Å². The average Bonchev–Trinajstić information content (AvgIpc) is 3.03. The Bertz CT molecular complexity index is 399. The van der Waals surface area contributed by atoms with Gasteiger partial charge in [0.2, 0.25) is 0 Å². The Morgan fingerprint density at radius 2 is 2.13 bits per heavy atom. The lowest BCUT2D eigenvalue weighted by molar-refractivity contribution is 0.0785. The second-order valence-electron chi connectivity index (χ2n) is 4.11. The van der Waals surface area contributed by atoms with Crippen molar-refractivity contribution in [3.05, 3.63) is 33.8 Å². The van der Waals surface area contributed by atoms with E-state index >= 15 is 0 Å². The minimum Gasteiger partial charge on any atom is -0.339 e. The highest BCUT2D eigenvalue weighted by Gasteiger charge is 2.30. The number of benzene rings is 1. The number of nitrogens with zero attached hydrogens (tertiary/aromatic N) is 1. The number of carbonyl (C=O) groups is 1. The number of carbonyl (C=O) groups excluding carboxylic acids is 1. The zero-order chi connectivity index (χ0) is 11.0. The van der Waals surface area contributed by atoms with Crippen LogP contribution in [0.4, 0.5) is 0 Å². The molecule has 1 fully saturated rings. The standard InChI is InChI=1S/C12H14BrNO/c1-8-7-9(3-6-11(8)13)12(15)14(2)10-4-5-10/h3,6-7,10H,4-5H2,1-2H3. The molecule has 1 aromatic carbocycles. The summed E-state index contributed by atoms with van der Waals surface area (Å²) < 4.78 is 1.05.